The molecule has 4 rings (SSSR count). The molecule has 2 aromatic carbocycles. The van der Waals surface area contributed by atoms with Crippen molar-refractivity contribution in [3.63, 3.8) is 0 Å². The highest BCUT2D eigenvalue weighted by Crippen LogP contribution is 2.32. The van der Waals surface area contributed by atoms with E-state index in [1.54, 1.807) is 36.5 Å². The van der Waals surface area contributed by atoms with E-state index in [2.05, 4.69) is 10.1 Å². The molecule has 2 amide bonds. The van der Waals surface area contributed by atoms with Gasteiger partial charge in [-0.1, -0.05) is 12.1 Å². The van der Waals surface area contributed by atoms with Crippen LogP contribution in [0.5, 0.6) is 11.5 Å². The van der Waals surface area contributed by atoms with Crippen molar-refractivity contribution in [2.75, 3.05) is 32.3 Å². The lowest BCUT2D eigenvalue weighted by molar-refractivity contribution is -0.274. The van der Waals surface area contributed by atoms with E-state index in [1.807, 2.05) is 0 Å². The summed E-state index contributed by atoms with van der Waals surface area (Å²) in [5.41, 5.74) is 0.526. The molecule has 0 aliphatic carbocycles. The maximum absolute atomic E-state index is 13.6. The third kappa shape index (κ3) is 6.40. The maximum Gasteiger partial charge on any atom is 0.573 e. The molecule has 0 bridgehead atoms. The fourth-order valence-electron chi connectivity index (χ4n) is 4.39. The molecule has 206 valence electrons. The number of hydrogen-bond donors (Lipinski definition) is 1. The highest BCUT2D eigenvalue weighted by atomic mass is 19.4. The Hall–Kier alpha value is -4.32. The molecule has 1 aliphatic rings. The summed E-state index contributed by atoms with van der Waals surface area (Å²) in [6.07, 6.45) is -3.27. The van der Waals surface area contributed by atoms with Crippen LogP contribution in [0, 0.1) is 0 Å². The Bertz CT molecular complexity index is 1370. The Labute approximate surface area is 221 Å². The summed E-state index contributed by atoms with van der Waals surface area (Å²) >= 11 is 0. The number of alkyl halides is 3. The van der Waals surface area contributed by atoms with Crippen LogP contribution in [0.15, 0.2) is 71.7 Å². The van der Waals surface area contributed by atoms with Crippen LogP contribution in [0.25, 0.3) is 0 Å². The molecule has 9 nitrogen and oxygen atoms in total. The minimum absolute atomic E-state index is 0.0332. The van der Waals surface area contributed by atoms with Gasteiger partial charge >= 0.3 is 6.36 Å². The molecule has 0 unspecified atom stereocenters. The van der Waals surface area contributed by atoms with Gasteiger partial charge in [0.05, 0.1) is 13.7 Å². The Morgan fingerprint density at radius 3 is 2.28 bits per heavy atom. The molecule has 39 heavy (non-hydrogen) atoms. The number of hydrogen-bond acceptors (Lipinski definition) is 6. The lowest BCUT2D eigenvalue weighted by atomic mass is 9.93. The first-order chi connectivity index (χ1) is 18.6. The SMILES string of the molecule is COCCn1cccc(N2C[C@@H](c3ccc(OC)cc3)[C@H](NC(=O)c3ccc(OC(F)(F)F)cc3)C2=O)c1=O. The summed E-state index contributed by atoms with van der Waals surface area (Å²) < 4.78 is 53.0. The van der Waals surface area contributed by atoms with E-state index in [9.17, 15) is 27.6 Å². The van der Waals surface area contributed by atoms with Gasteiger partial charge in [0.25, 0.3) is 11.5 Å². The van der Waals surface area contributed by atoms with Crippen molar-refractivity contribution in [1.29, 1.82) is 0 Å². The van der Waals surface area contributed by atoms with Crippen LogP contribution in [-0.2, 0) is 16.1 Å². The van der Waals surface area contributed by atoms with Crippen molar-refractivity contribution in [2.45, 2.75) is 24.9 Å². The summed E-state index contributed by atoms with van der Waals surface area (Å²) in [6.45, 7) is 0.705. The number of methoxy groups -OCH3 is 2. The van der Waals surface area contributed by atoms with E-state index in [0.717, 1.165) is 17.7 Å². The molecule has 2 atom stereocenters. The Balaban J connectivity index is 1.63. The molecule has 2 heterocycles. The summed E-state index contributed by atoms with van der Waals surface area (Å²) in [7, 11) is 3.04. The Morgan fingerprint density at radius 1 is 1.00 bits per heavy atom. The van der Waals surface area contributed by atoms with Gasteiger partial charge in [0.1, 0.15) is 23.2 Å². The van der Waals surface area contributed by atoms with E-state index in [4.69, 9.17) is 9.47 Å². The lowest BCUT2D eigenvalue weighted by Crippen LogP contribution is -2.44. The van der Waals surface area contributed by atoms with Crippen molar-refractivity contribution in [1.82, 2.24) is 9.88 Å². The highest BCUT2D eigenvalue weighted by molar-refractivity contribution is 6.05. The third-order valence-electron chi connectivity index (χ3n) is 6.32. The number of nitrogens with zero attached hydrogens (tertiary/aromatic N) is 2. The van der Waals surface area contributed by atoms with Gasteiger partial charge in [-0.05, 0) is 54.1 Å². The molecule has 3 aromatic rings. The molecular formula is C27H26F3N3O6. The minimum atomic E-state index is -4.87. The largest absolute Gasteiger partial charge is 0.573 e. The second kappa shape index (κ2) is 11.6. The fourth-order valence-corrected chi connectivity index (χ4v) is 4.39. The van der Waals surface area contributed by atoms with Gasteiger partial charge in [0.2, 0.25) is 5.91 Å². The van der Waals surface area contributed by atoms with Gasteiger partial charge in [-0.2, -0.15) is 0 Å². The van der Waals surface area contributed by atoms with Gasteiger partial charge in [-0.15, -0.1) is 13.2 Å². The predicted molar refractivity (Wildman–Crippen MR) is 135 cm³/mol. The molecule has 1 N–H and O–H groups in total. The maximum atomic E-state index is 13.6. The van der Waals surface area contributed by atoms with Crippen LogP contribution in [0.3, 0.4) is 0 Å². The first-order valence-corrected chi connectivity index (χ1v) is 11.9. The van der Waals surface area contributed by atoms with Crippen molar-refractivity contribution in [2.24, 2.45) is 0 Å². The number of pyridine rings is 1. The topological polar surface area (TPSA) is 99.1 Å². The van der Waals surface area contributed by atoms with Crippen molar-refractivity contribution in [3.05, 3.63) is 88.3 Å². The van der Waals surface area contributed by atoms with Gasteiger partial charge in [-0.25, -0.2) is 0 Å². The zero-order valence-electron chi connectivity index (χ0n) is 21.1. The van der Waals surface area contributed by atoms with E-state index < -0.39 is 35.9 Å². The van der Waals surface area contributed by atoms with Crippen LogP contribution in [0.2, 0.25) is 0 Å². The number of nitrogens with one attached hydrogen (secondary N) is 1. The Kier molecular flexibility index (Phi) is 8.24. The summed E-state index contributed by atoms with van der Waals surface area (Å²) in [5, 5.41) is 2.70. The van der Waals surface area contributed by atoms with Gasteiger partial charge < -0.3 is 29.0 Å². The zero-order chi connectivity index (χ0) is 28.2. The second-order valence-corrected chi connectivity index (χ2v) is 8.74. The van der Waals surface area contributed by atoms with E-state index in [1.165, 1.54) is 41.9 Å². The molecular weight excluding hydrogens is 519 g/mol. The minimum Gasteiger partial charge on any atom is -0.497 e. The number of amides is 2. The van der Waals surface area contributed by atoms with E-state index in [0.29, 0.717) is 18.9 Å². The molecule has 0 saturated carbocycles. The van der Waals surface area contributed by atoms with E-state index in [-0.39, 0.29) is 23.4 Å². The van der Waals surface area contributed by atoms with Gasteiger partial charge in [-0.3, -0.25) is 14.4 Å². The van der Waals surface area contributed by atoms with Crippen molar-refractivity contribution >= 4 is 17.5 Å². The first-order valence-electron chi connectivity index (χ1n) is 11.9. The number of halogens is 3. The number of benzene rings is 2. The fraction of sp³-hybridized carbons (Fsp3) is 0.296. The molecule has 12 heteroatoms. The molecule has 1 aromatic heterocycles. The number of aromatic nitrogens is 1. The summed E-state index contributed by atoms with van der Waals surface area (Å²) in [6, 6.07) is 13.5. The monoisotopic (exact) mass is 545 g/mol. The zero-order valence-corrected chi connectivity index (χ0v) is 21.1. The number of rotatable bonds is 9. The van der Waals surface area contributed by atoms with E-state index >= 15 is 0 Å². The van der Waals surface area contributed by atoms with Gasteiger partial charge in [0, 0.05) is 37.9 Å². The number of ether oxygens (including phenoxy) is 3. The van der Waals surface area contributed by atoms with Crippen LogP contribution in [0.1, 0.15) is 21.8 Å². The highest BCUT2D eigenvalue weighted by Gasteiger charge is 2.43. The quantitative estimate of drug-likeness (QED) is 0.443. The third-order valence-corrected chi connectivity index (χ3v) is 6.32. The van der Waals surface area contributed by atoms with Crippen LogP contribution in [-0.4, -0.2) is 56.2 Å². The van der Waals surface area contributed by atoms with Crippen molar-refractivity contribution in [3.8, 4) is 11.5 Å². The lowest BCUT2D eigenvalue weighted by Gasteiger charge is -2.19. The molecule has 1 aliphatic heterocycles. The number of anilines is 1. The molecule has 0 spiro atoms. The Morgan fingerprint density at radius 2 is 1.67 bits per heavy atom. The molecule has 0 radical (unpaired) electrons. The standard InChI is InChI=1S/C27H26F3N3O6/c1-37-15-14-32-13-3-4-22(25(32)35)33-16-21(17-5-9-19(38-2)10-6-17)23(26(33)36)31-24(34)18-7-11-20(12-8-18)39-27(28,29)30/h3-13,21,23H,14-16H2,1-2H3,(H,31,34)/t21-,23-/m0/s1. The van der Waals surface area contributed by atoms with Crippen LogP contribution < -0.4 is 25.2 Å². The molecule has 1 saturated heterocycles. The second-order valence-electron chi connectivity index (χ2n) is 8.74. The number of carbonyl (C=O) groups is 2. The van der Waals surface area contributed by atoms with Gasteiger partial charge in [0.15, 0.2) is 0 Å². The summed E-state index contributed by atoms with van der Waals surface area (Å²) in [4.78, 5) is 41.2. The molecule has 1 fully saturated rings. The van der Waals surface area contributed by atoms with Crippen LogP contribution in [0.4, 0.5) is 18.9 Å². The smallest absolute Gasteiger partial charge is 0.497 e. The van der Waals surface area contributed by atoms with Crippen LogP contribution >= 0.6 is 0 Å². The normalized spacial score (nSPS) is 17.3. The average Bonchev–Trinajstić information content (AvgIpc) is 3.23. The first kappa shape index (κ1) is 27.7. The summed E-state index contributed by atoms with van der Waals surface area (Å²) in [5.74, 6) is -1.58. The van der Waals surface area contributed by atoms with Crippen molar-refractivity contribution < 1.29 is 37.0 Å². The predicted octanol–water partition coefficient (Wildman–Crippen LogP) is 3.33. The average molecular weight is 546 g/mol. The number of carbonyl (C=O) groups excluding carboxylic acids is 2.